The first-order valence-electron chi connectivity index (χ1n) is 4.58. The third-order valence-corrected chi connectivity index (χ3v) is 2.11. The van der Waals surface area contributed by atoms with Crippen LogP contribution in [-0.4, -0.2) is 16.9 Å². The molecule has 15 heavy (non-hydrogen) atoms. The van der Waals surface area contributed by atoms with Gasteiger partial charge in [0.25, 0.3) is 0 Å². The van der Waals surface area contributed by atoms with Gasteiger partial charge in [-0.2, -0.15) is 5.10 Å². The van der Waals surface area contributed by atoms with E-state index in [4.69, 9.17) is 4.74 Å². The lowest BCUT2D eigenvalue weighted by atomic mass is 10.1. The minimum absolute atomic E-state index is 0.239. The van der Waals surface area contributed by atoms with E-state index in [0.717, 1.165) is 11.3 Å². The van der Waals surface area contributed by atoms with Crippen molar-refractivity contribution in [2.24, 2.45) is 0 Å². The minimum Gasteiger partial charge on any atom is -0.362 e. The van der Waals surface area contributed by atoms with Gasteiger partial charge in [0.05, 0.1) is 5.69 Å². The predicted octanol–water partition coefficient (Wildman–Crippen LogP) is 2.29. The highest BCUT2D eigenvalue weighted by atomic mass is 19.1. The minimum atomic E-state index is -0.239. The Kier molecular flexibility index (Phi) is 2.78. The number of methoxy groups -OCH3 is 1. The van der Waals surface area contributed by atoms with Gasteiger partial charge in [0.15, 0.2) is 0 Å². The SMILES string of the molecule is COCn1nccc1-c1ccc(F)cc1. The van der Waals surface area contributed by atoms with Crippen molar-refractivity contribution >= 4 is 0 Å². The molecule has 78 valence electrons. The lowest BCUT2D eigenvalue weighted by molar-refractivity contribution is 0.122. The summed E-state index contributed by atoms with van der Waals surface area (Å²) in [6.45, 7) is 0.389. The maximum Gasteiger partial charge on any atom is 0.139 e. The summed E-state index contributed by atoms with van der Waals surface area (Å²) in [6, 6.07) is 8.17. The van der Waals surface area contributed by atoms with Crippen molar-refractivity contribution in [3.8, 4) is 11.3 Å². The molecule has 0 saturated carbocycles. The Balaban J connectivity index is 2.36. The molecule has 0 aliphatic rings. The number of nitrogens with zero attached hydrogens (tertiary/aromatic N) is 2. The Morgan fingerprint density at radius 3 is 2.67 bits per heavy atom. The number of ether oxygens (including phenoxy) is 1. The number of halogens is 1. The van der Waals surface area contributed by atoms with Gasteiger partial charge in [-0.25, -0.2) is 9.07 Å². The van der Waals surface area contributed by atoms with E-state index < -0.39 is 0 Å². The van der Waals surface area contributed by atoms with Crippen LogP contribution in [0.5, 0.6) is 0 Å². The third-order valence-electron chi connectivity index (χ3n) is 2.11. The molecule has 2 aromatic rings. The van der Waals surface area contributed by atoms with Crippen molar-refractivity contribution in [1.29, 1.82) is 0 Å². The second-order valence-corrected chi connectivity index (χ2v) is 3.14. The lowest BCUT2D eigenvalue weighted by Gasteiger charge is -2.05. The standard InChI is InChI=1S/C11H11FN2O/c1-15-8-14-11(6-7-13-14)9-2-4-10(12)5-3-9/h2-7H,8H2,1H3. The van der Waals surface area contributed by atoms with Gasteiger partial charge in [-0.1, -0.05) is 0 Å². The van der Waals surface area contributed by atoms with Gasteiger partial charge in [-0.15, -0.1) is 0 Å². The molecule has 1 aromatic heterocycles. The molecule has 0 unspecified atom stereocenters. The van der Waals surface area contributed by atoms with E-state index >= 15 is 0 Å². The van der Waals surface area contributed by atoms with Crippen molar-refractivity contribution in [1.82, 2.24) is 9.78 Å². The fraction of sp³-hybridized carbons (Fsp3) is 0.182. The molecule has 0 fully saturated rings. The molecular weight excluding hydrogens is 195 g/mol. The largest absolute Gasteiger partial charge is 0.362 e. The van der Waals surface area contributed by atoms with Crippen LogP contribution in [0.1, 0.15) is 0 Å². The van der Waals surface area contributed by atoms with Gasteiger partial charge >= 0.3 is 0 Å². The fourth-order valence-electron chi connectivity index (χ4n) is 1.42. The molecule has 0 radical (unpaired) electrons. The van der Waals surface area contributed by atoms with Gasteiger partial charge in [0, 0.05) is 18.9 Å². The summed E-state index contributed by atoms with van der Waals surface area (Å²) in [5.41, 5.74) is 1.84. The summed E-state index contributed by atoms with van der Waals surface area (Å²) >= 11 is 0. The normalized spacial score (nSPS) is 10.5. The highest BCUT2D eigenvalue weighted by Crippen LogP contribution is 2.18. The van der Waals surface area contributed by atoms with Crippen LogP contribution in [0, 0.1) is 5.82 Å². The number of hydrogen-bond donors (Lipinski definition) is 0. The molecule has 1 heterocycles. The maximum absolute atomic E-state index is 12.7. The average Bonchev–Trinajstić information content (AvgIpc) is 2.68. The smallest absolute Gasteiger partial charge is 0.139 e. The van der Waals surface area contributed by atoms with Crippen molar-refractivity contribution < 1.29 is 9.13 Å². The zero-order valence-corrected chi connectivity index (χ0v) is 8.35. The van der Waals surface area contributed by atoms with Gasteiger partial charge in [0.1, 0.15) is 12.5 Å². The maximum atomic E-state index is 12.7. The Morgan fingerprint density at radius 2 is 2.00 bits per heavy atom. The van der Waals surface area contributed by atoms with Crippen LogP contribution >= 0.6 is 0 Å². The topological polar surface area (TPSA) is 27.1 Å². The quantitative estimate of drug-likeness (QED) is 0.770. The highest BCUT2D eigenvalue weighted by Gasteiger charge is 2.04. The van der Waals surface area contributed by atoms with Crippen molar-refractivity contribution in [3.63, 3.8) is 0 Å². The summed E-state index contributed by atoms with van der Waals surface area (Å²) in [7, 11) is 1.61. The van der Waals surface area contributed by atoms with Crippen molar-refractivity contribution in [3.05, 3.63) is 42.3 Å². The van der Waals surface area contributed by atoms with E-state index in [1.807, 2.05) is 6.07 Å². The van der Waals surface area contributed by atoms with Gasteiger partial charge in [0.2, 0.25) is 0 Å². The van der Waals surface area contributed by atoms with Crippen LogP contribution in [0.25, 0.3) is 11.3 Å². The molecule has 0 amide bonds. The summed E-state index contributed by atoms with van der Waals surface area (Å²) < 4.78 is 19.4. The highest BCUT2D eigenvalue weighted by molar-refractivity contribution is 5.58. The average molecular weight is 206 g/mol. The van der Waals surface area contributed by atoms with E-state index in [9.17, 15) is 4.39 Å². The number of hydrogen-bond acceptors (Lipinski definition) is 2. The Labute approximate surface area is 87.1 Å². The van der Waals surface area contributed by atoms with Crippen LogP contribution in [0.2, 0.25) is 0 Å². The summed E-state index contributed by atoms with van der Waals surface area (Å²) in [5.74, 6) is -0.239. The van der Waals surface area contributed by atoms with Crippen molar-refractivity contribution in [2.75, 3.05) is 7.11 Å². The van der Waals surface area contributed by atoms with Gasteiger partial charge in [-0.05, 0) is 30.3 Å². The first-order chi connectivity index (χ1) is 7.31. The van der Waals surface area contributed by atoms with Crippen LogP contribution in [0.3, 0.4) is 0 Å². The van der Waals surface area contributed by atoms with Crippen molar-refractivity contribution in [2.45, 2.75) is 6.73 Å². The summed E-state index contributed by atoms with van der Waals surface area (Å²) in [5, 5.41) is 4.10. The molecule has 0 spiro atoms. The van der Waals surface area contributed by atoms with Crippen LogP contribution < -0.4 is 0 Å². The third kappa shape index (κ3) is 2.05. The molecule has 0 N–H and O–H groups in total. The van der Waals surface area contributed by atoms with Gasteiger partial charge in [-0.3, -0.25) is 0 Å². The molecule has 0 saturated heterocycles. The number of benzene rings is 1. The second kappa shape index (κ2) is 4.23. The van der Waals surface area contributed by atoms with Crippen LogP contribution in [-0.2, 0) is 11.5 Å². The Morgan fingerprint density at radius 1 is 1.27 bits per heavy atom. The summed E-state index contributed by atoms with van der Waals surface area (Å²) in [4.78, 5) is 0. The molecule has 0 aliphatic carbocycles. The van der Waals surface area contributed by atoms with Crippen LogP contribution in [0.15, 0.2) is 36.5 Å². The molecule has 0 bridgehead atoms. The molecule has 0 aliphatic heterocycles. The zero-order chi connectivity index (χ0) is 10.7. The molecule has 3 nitrogen and oxygen atoms in total. The first-order valence-corrected chi connectivity index (χ1v) is 4.58. The summed E-state index contributed by atoms with van der Waals surface area (Å²) in [6.07, 6.45) is 1.69. The van der Waals surface area contributed by atoms with E-state index in [-0.39, 0.29) is 5.82 Å². The predicted molar refractivity (Wildman–Crippen MR) is 54.6 cm³/mol. The Bertz CT molecular complexity index is 436. The monoisotopic (exact) mass is 206 g/mol. The van der Waals surface area contributed by atoms with E-state index in [1.165, 1.54) is 12.1 Å². The first kappa shape index (κ1) is 9.86. The zero-order valence-electron chi connectivity index (χ0n) is 8.35. The van der Waals surface area contributed by atoms with Gasteiger partial charge < -0.3 is 4.74 Å². The van der Waals surface area contributed by atoms with Crippen LogP contribution in [0.4, 0.5) is 4.39 Å². The molecule has 4 heteroatoms. The lowest BCUT2D eigenvalue weighted by Crippen LogP contribution is -2.03. The fourth-order valence-corrected chi connectivity index (χ4v) is 1.42. The molecule has 0 atom stereocenters. The second-order valence-electron chi connectivity index (χ2n) is 3.14. The Hall–Kier alpha value is -1.68. The molecular formula is C11H11FN2O. The van der Waals surface area contributed by atoms with E-state index in [1.54, 1.807) is 30.1 Å². The number of aromatic nitrogens is 2. The molecule has 1 aromatic carbocycles. The molecule has 2 rings (SSSR count). The van der Waals surface area contributed by atoms with E-state index in [2.05, 4.69) is 5.10 Å². The van der Waals surface area contributed by atoms with E-state index in [0.29, 0.717) is 6.73 Å². The number of rotatable bonds is 3.